The first kappa shape index (κ1) is 42.2. The number of carbonyl (C=O) groups excluding carboxylic acids is 2. The molecule has 0 radical (unpaired) electrons. The summed E-state index contributed by atoms with van der Waals surface area (Å²) in [5.74, 6) is -0.864. The number of phosphoric ester groups is 1. The van der Waals surface area contributed by atoms with Crippen LogP contribution >= 0.6 is 7.82 Å². The molecular formula is C34H62NO8P. The van der Waals surface area contributed by atoms with E-state index in [9.17, 15) is 19.0 Å². The third-order valence-electron chi connectivity index (χ3n) is 6.71. The van der Waals surface area contributed by atoms with Crippen LogP contribution in [0.5, 0.6) is 0 Å². The Morgan fingerprint density at radius 2 is 1.18 bits per heavy atom. The van der Waals surface area contributed by atoms with Crippen LogP contribution in [0.25, 0.3) is 0 Å². The van der Waals surface area contributed by atoms with E-state index in [0.717, 1.165) is 89.9 Å². The van der Waals surface area contributed by atoms with E-state index in [2.05, 4.69) is 50.3 Å². The van der Waals surface area contributed by atoms with E-state index in [1.165, 1.54) is 12.8 Å². The molecule has 0 bridgehead atoms. The van der Waals surface area contributed by atoms with Crippen molar-refractivity contribution in [3.8, 4) is 0 Å². The topological polar surface area (TPSA) is 134 Å². The normalized spacial score (nSPS) is 14.0. The van der Waals surface area contributed by atoms with Gasteiger partial charge in [0.1, 0.15) is 6.61 Å². The smallest absolute Gasteiger partial charge is 0.462 e. The number of phosphoric acid groups is 1. The lowest BCUT2D eigenvalue weighted by Crippen LogP contribution is -2.29. The first-order valence-electron chi connectivity index (χ1n) is 17.0. The highest BCUT2D eigenvalue weighted by Crippen LogP contribution is 2.43. The van der Waals surface area contributed by atoms with Gasteiger partial charge in [-0.25, -0.2) is 4.57 Å². The number of hydrogen-bond acceptors (Lipinski definition) is 8. The van der Waals surface area contributed by atoms with Crippen molar-refractivity contribution in [2.75, 3.05) is 26.4 Å². The fourth-order valence-electron chi connectivity index (χ4n) is 4.20. The average molecular weight is 644 g/mol. The fourth-order valence-corrected chi connectivity index (χ4v) is 4.97. The maximum absolute atomic E-state index is 12.5. The van der Waals surface area contributed by atoms with Gasteiger partial charge in [0, 0.05) is 19.4 Å². The minimum absolute atomic E-state index is 0.0490. The molecule has 2 atom stereocenters. The van der Waals surface area contributed by atoms with Crippen LogP contribution in [0.15, 0.2) is 36.5 Å². The number of hydrogen-bond donors (Lipinski definition) is 2. The summed E-state index contributed by atoms with van der Waals surface area (Å²) in [5.41, 5.74) is 5.31. The van der Waals surface area contributed by atoms with Crippen LogP contribution in [0.4, 0.5) is 0 Å². The van der Waals surface area contributed by atoms with E-state index in [4.69, 9.17) is 24.3 Å². The molecule has 0 aromatic carbocycles. The van der Waals surface area contributed by atoms with Crippen molar-refractivity contribution in [2.45, 2.75) is 142 Å². The minimum Gasteiger partial charge on any atom is -0.462 e. The monoisotopic (exact) mass is 643 g/mol. The Kier molecular flexibility index (Phi) is 30.0. The predicted molar refractivity (Wildman–Crippen MR) is 178 cm³/mol. The number of rotatable bonds is 31. The third-order valence-corrected chi connectivity index (χ3v) is 7.69. The lowest BCUT2D eigenvalue weighted by atomic mass is 10.1. The highest BCUT2D eigenvalue weighted by molar-refractivity contribution is 7.47. The molecule has 0 heterocycles. The second-order valence-corrected chi connectivity index (χ2v) is 12.5. The molecule has 0 aromatic heterocycles. The molecule has 0 aliphatic rings. The molecule has 3 N–H and O–H groups in total. The lowest BCUT2D eigenvalue weighted by molar-refractivity contribution is -0.161. The predicted octanol–water partition coefficient (Wildman–Crippen LogP) is 8.65. The number of carbonyl (C=O) groups is 2. The van der Waals surface area contributed by atoms with Gasteiger partial charge in [0.15, 0.2) is 6.10 Å². The molecule has 0 aliphatic heterocycles. The Hall–Kier alpha value is -1.77. The Bertz CT molecular complexity index is 830. The second-order valence-electron chi connectivity index (χ2n) is 11.0. The quantitative estimate of drug-likeness (QED) is 0.0329. The summed E-state index contributed by atoms with van der Waals surface area (Å²) in [6, 6.07) is 0. The van der Waals surface area contributed by atoms with Gasteiger partial charge in [-0.05, 0) is 57.8 Å². The molecule has 0 saturated heterocycles. The zero-order valence-electron chi connectivity index (χ0n) is 27.6. The van der Waals surface area contributed by atoms with Crippen molar-refractivity contribution in [3.63, 3.8) is 0 Å². The van der Waals surface area contributed by atoms with E-state index in [1.807, 2.05) is 0 Å². The van der Waals surface area contributed by atoms with Gasteiger partial charge >= 0.3 is 19.8 Å². The maximum atomic E-state index is 12.5. The molecule has 44 heavy (non-hydrogen) atoms. The molecule has 0 saturated carbocycles. The van der Waals surface area contributed by atoms with Crippen molar-refractivity contribution in [1.29, 1.82) is 0 Å². The Morgan fingerprint density at radius 3 is 1.77 bits per heavy atom. The van der Waals surface area contributed by atoms with Gasteiger partial charge in [-0.2, -0.15) is 0 Å². The zero-order chi connectivity index (χ0) is 32.6. The summed E-state index contributed by atoms with van der Waals surface area (Å²) in [6.45, 7) is 3.54. The molecule has 0 aromatic rings. The molecule has 0 amide bonds. The van der Waals surface area contributed by atoms with Gasteiger partial charge in [-0.15, -0.1) is 0 Å². The van der Waals surface area contributed by atoms with Crippen molar-refractivity contribution < 1.29 is 37.6 Å². The number of allylic oxidation sites excluding steroid dienone is 6. The molecule has 10 heteroatoms. The number of ether oxygens (including phenoxy) is 2. The van der Waals surface area contributed by atoms with Crippen LogP contribution in [0.1, 0.15) is 136 Å². The second kappa shape index (κ2) is 31.2. The molecular weight excluding hydrogens is 581 g/mol. The van der Waals surface area contributed by atoms with Gasteiger partial charge < -0.3 is 20.1 Å². The van der Waals surface area contributed by atoms with Gasteiger partial charge in [0.05, 0.1) is 13.2 Å². The van der Waals surface area contributed by atoms with Gasteiger partial charge in [-0.1, -0.05) is 102 Å². The molecule has 256 valence electrons. The molecule has 9 nitrogen and oxygen atoms in total. The molecule has 0 spiro atoms. The summed E-state index contributed by atoms with van der Waals surface area (Å²) in [5, 5.41) is 0. The summed E-state index contributed by atoms with van der Waals surface area (Å²) in [6.07, 6.45) is 30.4. The van der Waals surface area contributed by atoms with Crippen LogP contribution in [-0.4, -0.2) is 49.3 Å². The highest BCUT2D eigenvalue weighted by atomic mass is 31.2. The van der Waals surface area contributed by atoms with E-state index in [-0.39, 0.29) is 32.6 Å². The largest absolute Gasteiger partial charge is 0.472 e. The number of unbranched alkanes of at least 4 members (excludes halogenated alkanes) is 12. The first-order valence-corrected chi connectivity index (χ1v) is 18.5. The summed E-state index contributed by atoms with van der Waals surface area (Å²) in [4.78, 5) is 34.5. The number of nitrogens with two attached hydrogens (primary N) is 1. The Labute approximate surface area is 267 Å². The van der Waals surface area contributed by atoms with Crippen LogP contribution < -0.4 is 5.73 Å². The Balaban J connectivity index is 4.33. The van der Waals surface area contributed by atoms with E-state index >= 15 is 0 Å². The SMILES string of the molecule is CCC/C=C\C/C=C\CCCCCCCC(=O)OC(COC(=O)CCCCCCC/C=C\CCC)COP(=O)(O)OCCN. The highest BCUT2D eigenvalue weighted by Gasteiger charge is 2.25. The fraction of sp³-hybridized carbons (Fsp3) is 0.765. The van der Waals surface area contributed by atoms with Crippen LogP contribution in [0.3, 0.4) is 0 Å². The molecule has 0 fully saturated rings. The van der Waals surface area contributed by atoms with E-state index < -0.39 is 32.5 Å². The van der Waals surface area contributed by atoms with Gasteiger partial charge in [0.25, 0.3) is 0 Å². The van der Waals surface area contributed by atoms with E-state index in [1.54, 1.807) is 0 Å². The number of esters is 2. The van der Waals surface area contributed by atoms with Crippen LogP contribution in [-0.2, 0) is 32.7 Å². The standard InChI is InChI=1S/C34H62NO8P/c1-3-5-7-9-11-13-15-16-17-19-21-23-25-27-34(37)43-32(31-42-44(38,39)41-29-28-35)30-40-33(36)26-24-22-20-18-14-12-10-8-6-4-2/h7-10,13,15,32H,3-6,11-12,14,16-31,35H2,1-2H3,(H,38,39)/b9-7-,10-8-,15-13-. The minimum atomic E-state index is -4.37. The third kappa shape index (κ3) is 30.3. The summed E-state index contributed by atoms with van der Waals surface area (Å²) < 4.78 is 32.5. The zero-order valence-corrected chi connectivity index (χ0v) is 28.5. The van der Waals surface area contributed by atoms with Crippen molar-refractivity contribution >= 4 is 19.8 Å². The average Bonchev–Trinajstić information content (AvgIpc) is 3.00. The van der Waals surface area contributed by atoms with Gasteiger partial charge in [0.2, 0.25) is 0 Å². The van der Waals surface area contributed by atoms with Crippen molar-refractivity contribution in [1.82, 2.24) is 0 Å². The molecule has 2 unspecified atom stereocenters. The van der Waals surface area contributed by atoms with Gasteiger partial charge in [-0.3, -0.25) is 18.6 Å². The summed E-state index contributed by atoms with van der Waals surface area (Å²) >= 11 is 0. The van der Waals surface area contributed by atoms with E-state index in [0.29, 0.717) is 6.42 Å². The maximum Gasteiger partial charge on any atom is 0.472 e. The Morgan fingerprint density at radius 1 is 0.682 bits per heavy atom. The van der Waals surface area contributed by atoms with Crippen LogP contribution in [0, 0.1) is 0 Å². The summed E-state index contributed by atoms with van der Waals surface area (Å²) in [7, 11) is -4.37. The van der Waals surface area contributed by atoms with Crippen molar-refractivity contribution in [3.05, 3.63) is 36.5 Å². The molecule has 0 rings (SSSR count). The van der Waals surface area contributed by atoms with Crippen LogP contribution in [0.2, 0.25) is 0 Å². The molecule has 0 aliphatic carbocycles. The lowest BCUT2D eigenvalue weighted by Gasteiger charge is -2.19. The first-order chi connectivity index (χ1) is 21.3. The van der Waals surface area contributed by atoms with Crippen molar-refractivity contribution in [2.24, 2.45) is 5.73 Å².